The van der Waals surface area contributed by atoms with Gasteiger partial charge in [-0.3, -0.25) is 0 Å². The molecule has 1 aliphatic rings. The Bertz CT molecular complexity index is 402. The summed E-state index contributed by atoms with van der Waals surface area (Å²) in [6, 6.07) is 5.86. The van der Waals surface area contributed by atoms with E-state index in [-0.39, 0.29) is 11.5 Å². The maximum Gasteiger partial charge on any atom is 0.122 e. The fourth-order valence-corrected chi connectivity index (χ4v) is 2.74. The van der Waals surface area contributed by atoms with Gasteiger partial charge in [-0.25, -0.2) is 0 Å². The third-order valence-electron chi connectivity index (χ3n) is 3.77. The van der Waals surface area contributed by atoms with Crippen molar-refractivity contribution in [2.75, 3.05) is 14.2 Å². The van der Waals surface area contributed by atoms with Gasteiger partial charge in [-0.05, 0) is 42.9 Å². The molecule has 3 heteroatoms. The van der Waals surface area contributed by atoms with E-state index in [1.165, 1.54) is 0 Å². The van der Waals surface area contributed by atoms with E-state index in [9.17, 15) is 5.11 Å². The molecule has 1 fully saturated rings. The Balaban J connectivity index is 2.41. The molecule has 2 rings (SSSR count). The Labute approximate surface area is 102 Å². The molecule has 1 aliphatic carbocycles. The lowest BCUT2D eigenvalue weighted by Gasteiger charge is -2.26. The lowest BCUT2D eigenvalue weighted by atomic mass is 9.80. The fraction of sp³-hybridized carbons (Fsp3) is 0.571. The first-order valence-corrected chi connectivity index (χ1v) is 5.99. The highest BCUT2D eigenvalue weighted by molar-refractivity contribution is 5.45. The first kappa shape index (κ1) is 12.2. The SMILES string of the molecule is COc1ccc(OC)c(C2(C)CCC(O)C2)c1. The van der Waals surface area contributed by atoms with Crippen LogP contribution in [-0.4, -0.2) is 25.4 Å². The van der Waals surface area contributed by atoms with Gasteiger partial charge in [0.1, 0.15) is 11.5 Å². The summed E-state index contributed by atoms with van der Waals surface area (Å²) < 4.78 is 10.7. The van der Waals surface area contributed by atoms with E-state index >= 15 is 0 Å². The van der Waals surface area contributed by atoms with Gasteiger partial charge in [0.2, 0.25) is 0 Å². The van der Waals surface area contributed by atoms with Crippen LogP contribution >= 0.6 is 0 Å². The summed E-state index contributed by atoms with van der Waals surface area (Å²) in [5, 5.41) is 9.74. The number of rotatable bonds is 3. The summed E-state index contributed by atoms with van der Waals surface area (Å²) in [4.78, 5) is 0. The maximum atomic E-state index is 9.74. The standard InChI is InChI=1S/C14H20O3/c1-14(7-6-10(15)9-14)12-8-11(16-2)4-5-13(12)17-3/h4-5,8,10,15H,6-7,9H2,1-3H3. The third kappa shape index (κ3) is 2.25. The van der Waals surface area contributed by atoms with Gasteiger partial charge in [-0.2, -0.15) is 0 Å². The van der Waals surface area contributed by atoms with Crippen LogP contribution in [0.5, 0.6) is 11.5 Å². The second-order valence-corrected chi connectivity index (χ2v) is 5.02. The largest absolute Gasteiger partial charge is 0.497 e. The van der Waals surface area contributed by atoms with E-state index in [2.05, 4.69) is 6.92 Å². The Hall–Kier alpha value is -1.22. The van der Waals surface area contributed by atoms with Crippen molar-refractivity contribution in [3.8, 4) is 11.5 Å². The topological polar surface area (TPSA) is 38.7 Å². The van der Waals surface area contributed by atoms with E-state index in [4.69, 9.17) is 9.47 Å². The molecule has 17 heavy (non-hydrogen) atoms. The van der Waals surface area contributed by atoms with Crippen LogP contribution in [0.15, 0.2) is 18.2 Å². The predicted octanol–water partition coefficient (Wildman–Crippen LogP) is 2.51. The molecule has 1 aromatic rings. The van der Waals surface area contributed by atoms with Crippen LogP contribution < -0.4 is 9.47 Å². The van der Waals surface area contributed by atoms with Gasteiger partial charge in [0, 0.05) is 5.56 Å². The highest BCUT2D eigenvalue weighted by atomic mass is 16.5. The lowest BCUT2D eigenvalue weighted by Crippen LogP contribution is -2.20. The first-order valence-electron chi connectivity index (χ1n) is 5.99. The zero-order valence-electron chi connectivity index (χ0n) is 10.7. The predicted molar refractivity (Wildman–Crippen MR) is 66.8 cm³/mol. The number of aliphatic hydroxyl groups excluding tert-OH is 1. The van der Waals surface area contributed by atoms with E-state index < -0.39 is 0 Å². The van der Waals surface area contributed by atoms with Crippen molar-refractivity contribution < 1.29 is 14.6 Å². The quantitative estimate of drug-likeness (QED) is 0.876. The lowest BCUT2D eigenvalue weighted by molar-refractivity contribution is 0.175. The highest BCUT2D eigenvalue weighted by Gasteiger charge is 2.37. The van der Waals surface area contributed by atoms with Gasteiger partial charge in [-0.15, -0.1) is 0 Å². The molecule has 0 aromatic heterocycles. The summed E-state index contributed by atoms with van der Waals surface area (Å²) in [7, 11) is 3.34. The summed E-state index contributed by atoms with van der Waals surface area (Å²) in [5.74, 6) is 1.71. The van der Waals surface area contributed by atoms with Gasteiger partial charge in [-0.1, -0.05) is 6.92 Å². The van der Waals surface area contributed by atoms with Crippen LogP contribution in [0.4, 0.5) is 0 Å². The third-order valence-corrected chi connectivity index (χ3v) is 3.77. The Morgan fingerprint density at radius 1 is 1.29 bits per heavy atom. The van der Waals surface area contributed by atoms with Crippen molar-refractivity contribution >= 4 is 0 Å². The Morgan fingerprint density at radius 2 is 2.06 bits per heavy atom. The molecular formula is C14H20O3. The molecule has 2 atom stereocenters. The van der Waals surface area contributed by atoms with Crippen molar-refractivity contribution in [3.63, 3.8) is 0 Å². The minimum atomic E-state index is -0.198. The van der Waals surface area contributed by atoms with Gasteiger partial charge in [0.05, 0.1) is 20.3 Å². The second-order valence-electron chi connectivity index (χ2n) is 5.02. The number of methoxy groups -OCH3 is 2. The molecule has 0 spiro atoms. The maximum absolute atomic E-state index is 9.74. The van der Waals surface area contributed by atoms with Crippen LogP contribution in [0.3, 0.4) is 0 Å². The highest BCUT2D eigenvalue weighted by Crippen LogP contribution is 2.45. The monoisotopic (exact) mass is 236 g/mol. The fourth-order valence-electron chi connectivity index (χ4n) is 2.74. The minimum absolute atomic E-state index is 0.0146. The molecule has 0 radical (unpaired) electrons. The molecule has 94 valence electrons. The summed E-state index contributed by atoms with van der Waals surface area (Å²) in [6.45, 7) is 2.18. The van der Waals surface area contributed by atoms with Gasteiger partial charge >= 0.3 is 0 Å². The van der Waals surface area contributed by atoms with E-state index in [1.807, 2.05) is 18.2 Å². The molecule has 1 aromatic carbocycles. The molecule has 0 bridgehead atoms. The average molecular weight is 236 g/mol. The molecule has 0 heterocycles. The number of benzene rings is 1. The van der Waals surface area contributed by atoms with Crippen LogP contribution in [0, 0.1) is 0 Å². The zero-order chi connectivity index (χ0) is 12.5. The molecule has 0 aliphatic heterocycles. The van der Waals surface area contributed by atoms with Gasteiger partial charge in [0.25, 0.3) is 0 Å². The number of aliphatic hydroxyl groups is 1. The van der Waals surface area contributed by atoms with Crippen molar-refractivity contribution in [2.45, 2.75) is 37.7 Å². The molecule has 0 saturated heterocycles. The van der Waals surface area contributed by atoms with Crippen LogP contribution in [-0.2, 0) is 5.41 Å². The average Bonchev–Trinajstić information content (AvgIpc) is 2.69. The van der Waals surface area contributed by atoms with E-state index in [0.29, 0.717) is 0 Å². The summed E-state index contributed by atoms with van der Waals surface area (Å²) >= 11 is 0. The number of ether oxygens (including phenoxy) is 2. The number of hydrogen-bond acceptors (Lipinski definition) is 3. The van der Waals surface area contributed by atoms with Crippen molar-refractivity contribution in [3.05, 3.63) is 23.8 Å². The zero-order valence-corrected chi connectivity index (χ0v) is 10.7. The van der Waals surface area contributed by atoms with E-state index in [0.717, 1.165) is 36.3 Å². The van der Waals surface area contributed by atoms with Gasteiger partial charge < -0.3 is 14.6 Å². The Kier molecular flexibility index (Phi) is 3.29. The molecular weight excluding hydrogens is 216 g/mol. The van der Waals surface area contributed by atoms with Crippen molar-refractivity contribution in [1.29, 1.82) is 0 Å². The minimum Gasteiger partial charge on any atom is -0.497 e. The van der Waals surface area contributed by atoms with Crippen molar-refractivity contribution in [2.24, 2.45) is 0 Å². The molecule has 1 saturated carbocycles. The van der Waals surface area contributed by atoms with Crippen LogP contribution in [0.2, 0.25) is 0 Å². The smallest absolute Gasteiger partial charge is 0.122 e. The summed E-state index contributed by atoms with van der Waals surface area (Å²) in [5.41, 5.74) is 1.12. The Morgan fingerprint density at radius 3 is 2.59 bits per heavy atom. The molecule has 2 unspecified atom stereocenters. The number of hydrogen-bond donors (Lipinski definition) is 1. The van der Waals surface area contributed by atoms with Crippen LogP contribution in [0.1, 0.15) is 31.7 Å². The first-order chi connectivity index (χ1) is 8.09. The van der Waals surface area contributed by atoms with E-state index in [1.54, 1.807) is 14.2 Å². The molecule has 0 amide bonds. The normalized spacial score (nSPS) is 28.1. The molecule has 1 N–H and O–H groups in total. The molecule has 3 nitrogen and oxygen atoms in total. The van der Waals surface area contributed by atoms with Crippen molar-refractivity contribution in [1.82, 2.24) is 0 Å². The van der Waals surface area contributed by atoms with Gasteiger partial charge in [0.15, 0.2) is 0 Å². The summed E-state index contributed by atoms with van der Waals surface area (Å²) in [6.07, 6.45) is 2.43. The van der Waals surface area contributed by atoms with Crippen LogP contribution in [0.25, 0.3) is 0 Å². The second kappa shape index (κ2) is 4.57.